The summed E-state index contributed by atoms with van der Waals surface area (Å²) in [7, 11) is 0. The molecule has 1 aromatic carbocycles. The molecule has 1 amide bonds. The fourth-order valence-electron chi connectivity index (χ4n) is 4.22. The van der Waals surface area contributed by atoms with Crippen LogP contribution in [0.4, 0.5) is 0 Å². The van der Waals surface area contributed by atoms with Gasteiger partial charge in [-0.2, -0.15) is 4.98 Å². The largest absolute Gasteiger partial charge is 0.339 e. The van der Waals surface area contributed by atoms with E-state index in [0.29, 0.717) is 11.8 Å². The fraction of sp³-hybridized carbons (Fsp3) is 0.550. The summed E-state index contributed by atoms with van der Waals surface area (Å²) in [6, 6.07) is 7.58. The normalized spacial score (nSPS) is 25.8. The maximum atomic E-state index is 12.9. The van der Waals surface area contributed by atoms with Gasteiger partial charge in [-0.15, -0.1) is 0 Å². The minimum Gasteiger partial charge on any atom is -0.339 e. The van der Waals surface area contributed by atoms with E-state index in [4.69, 9.17) is 4.52 Å². The number of carbonyl (C=O) groups is 1. The Morgan fingerprint density at radius 1 is 1.04 bits per heavy atom. The molecule has 2 atom stereocenters. The van der Waals surface area contributed by atoms with E-state index in [1.54, 1.807) is 0 Å². The van der Waals surface area contributed by atoms with Crippen LogP contribution in [0.1, 0.15) is 47.8 Å². The van der Waals surface area contributed by atoms with Gasteiger partial charge in [0.15, 0.2) is 5.82 Å². The average Bonchev–Trinajstić information content (AvgIpc) is 3.30. The Balaban J connectivity index is 1.28. The SMILES string of the molecule is O=C(c1ccc(-c2nc(C3CC3)no2)cc1)N1CC[C@@H]2CNC[C@@H]2CC1. The van der Waals surface area contributed by atoms with Crippen LogP contribution in [0.25, 0.3) is 11.5 Å². The van der Waals surface area contributed by atoms with Gasteiger partial charge in [-0.05, 0) is 74.9 Å². The molecular formula is C20H24N4O2. The van der Waals surface area contributed by atoms with Crippen LogP contribution in [0.3, 0.4) is 0 Å². The number of aromatic nitrogens is 2. The number of fused-ring (bicyclic) bond motifs is 1. The van der Waals surface area contributed by atoms with E-state index >= 15 is 0 Å². The van der Waals surface area contributed by atoms with E-state index in [0.717, 1.165) is 80.6 Å². The summed E-state index contributed by atoms with van der Waals surface area (Å²) < 4.78 is 5.37. The molecule has 6 nitrogen and oxygen atoms in total. The Kier molecular flexibility index (Phi) is 4.00. The molecular weight excluding hydrogens is 328 g/mol. The predicted octanol–water partition coefficient (Wildman–Crippen LogP) is 2.69. The molecule has 6 heteroatoms. The van der Waals surface area contributed by atoms with E-state index in [1.807, 2.05) is 29.2 Å². The van der Waals surface area contributed by atoms with Crippen molar-refractivity contribution in [2.45, 2.75) is 31.6 Å². The lowest BCUT2D eigenvalue weighted by atomic mass is 9.92. The van der Waals surface area contributed by atoms with Crippen molar-refractivity contribution >= 4 is 5.91 Å². The summed E-state index contributed by atoms with van der Waals surface area (Å²) in [5.74, 6) is 3.42. The number of rotatable bonds is 3. The lowest BCUT2D eigenvalue weighted by Gasteiger charge is -2.21. The Morgan fingerprint density at radius 3 is 2.38 bits per heavy atom. The lowest BCUT2D eigenvalue weighted by Crippen LogP contribution is -2.32. The zero-order valence-electron chi connectivity index (χ0n) is 14.9. The highest BCUT2D eigenvalue weighted by molar-refractivity contribution is 5.94. The van der Waals surface area contributed by atoms with Gasteiger partial charge in [-0.3, -0.25) is 4.79 Å². The van der Waals surface area contributed by atoms with Crippen molar-refractivity contribution in [3.05, 3.63) is 35.7 Å². The van der Waals surface area contributed by atoms with Gasteiger partial charge in [0.1, 0.15) is 0 Å². The molecule has 3 heterocycles. The Bertz CT molecular complexity index is 782. The van der Waals surface area contributed by atoms with Crippen molar-refractivity contribution in [3.63, 3.8) is 0 Å². The van der Waals surface area contributed by atoms with Crippen molar-refractivity contribution < 1.29 is 9.32 Å². The van der Waals surface area contributed by atoms with Crippen LogP contribution in [-0.4, -0.2) is 47.1 Å². The number of hydrogen-bond donors (Lipinski definition) is 1. The number of amides is 1. The van der Waals surface area contributed by atoms with Crippen LogP contribution in [0.15, 0.2) is 28.8 Å². The molecule has 1 N–H and O–H groups in total. The number of likely N-dealkylation sites (tertiary alicyclic amines) is 1. The summed E-state index contributed by atoms with van der Waals surface area (Å²) in [6.07, 6.45) is 4.51. The van der Waals surface area contributed by atoms with Crippen LogP contribution in [0, 0.1) is 11.8 Å². The molecule has 1 saturated carbocycles. The number of carbonyl (C=O) groups excluding carboxylic acids is 1. The molecule has 0 unspecified atom stereocenters. The second-order valence-electron chi connectivity index (χ2n) is 7.86. The van der Waals surface area contributed by atoms with E-state index in [1.165, 1.54) is 0 Å². The molecule has 3 aliphatic rings. The first-order valence-corrected chi connectivity index (χ1v) is 9.72. The molecule has 0 bridgehead atoms. The summed E-state index contributed by atoms with van der Waals surface area (Å²) in [5, 5.41) is 7.54. The smallest absolute Gasteiger partial charge is 0.257 e. The van der Waals surface area contributed by atoms with Crippen LogP contribution in [-0.2, 0) is 0 Å². The van der Waals surface area contributed by atoms with Gasteiger partial charge in [-0.25, -0.2) is 0 Å². The minimum atomic E-state index is 0.133. The Morgan fingerprint density at radius 2 is 1.73 bits per heavy atom. The average molecular weight is 352 g/mol. The van der Waals surface area contributed by atoms with Gasteiger partial charge in [0.25, 0.3) is 11.8 Å². The van der Waals surface area contributed by atoms with Crippen LogP contribution in [0.5, 0.6) is 0 Å². The van der Waals surface area contributed by atoms with E-state index in [2.05, 4.69) is 15.5 Å². The van der Waals surface area contributed by atoms with Crippen LogP contribution >= 0.6 is 0 Å². The molecule has 26 heavy (non-hydrogen) atoms. The molecule has 5 rings (SSSR count). The molecule has 2 aliphatic heterocycles. The summed E-state index contributed by atoms with van der Waals surface area (Å²) in [4.78, 5) is 19.4. The maximum absolute atomic E-state index is 12.9. The van der Waals surface area contributed by atoms with Crippen molar-refractivity contribution in [1.82, 2.24) is 20.4 Å². The number of hydrogen-bond acceptors (Lipinski definition) is 5. The van der Waals surface area contributed by atoms with Crippen LogP contribution < -0.4 is 5.32 Å². The third-order valence-corrected chi connectivity index (χ3v) is 6.07. The van der Waals surface area contributed by atoms with Gasteiger partial charge in [-0.1, -0.05) is 5.16 Å². The monoisotopic (exact) mass is 352 g/mol. The topological polar surface area (TPSA) is 71.3 Å². The second-order valence-corrected chi connectivity index (χ2v) is 7.86. The molecule has 1 aromatic heterocycles. The van der Waals surface area contributed by atoms with Gasteiger partial charge < -0.3 is 14.7 Å². The van der Waals surface area contributed by atoms with E-state index < -0.39 is 0 Å². The number of nitrogens with zero attached hydrogens (tertiary/aromatic N) is 3. The number of benzene rings is 1. The zero-order chi connectivity index (χ0) is 17.5. The first-order valence-electron chi connectivity index (χ1n) is 9.72. The van der Waals surface area contributed by atoms with Crippen molar-refractivity contribution in [2.24, 2.45) is 11.8 Å². The van der Waals surface area contributed by atoms with E-state index in [9.17, 15) is 4.79 Å². The molecule has 2 saturated heterocycles. The second kappa shape index (κ2) is 6.50. The molecule has 1 aliphatic carbocycles. The predicted molar refractivity (Wildman–Crippen MR) is 96.7 cm³/mol. The highest BCUT2D eigenvalue weighted by Crippen LogP contribution is 2.38. The molecule has 2 aromatic rings. The molecule has 3 fully saturated rings. The Labute approximate surface area is 153 Å². The summed E-state index contributed by atoms with van der Waals surface area (Å²) in [5.41, 5.74) is 1.61. The Hall–Kier alpha value is -2.21. The third kappa shape index (κ3) is 3.03. The lowest BCUT2D eigenvalue weighted by molar-refractivity contribution is 0.0758. The maximum Gasteiger partial charge on any atom is 0.257 e. The highest BCUT2D eigenvalue weighted by atomic mass is 16.5. The van der Waals surface area contributed by atoms with Crippen molar-refractivity contribution in [1.29, 1.82) is 0 Å². The van der Waals surface area contributed by atoms with Gasteiger partial charge in [0, 0.05) is 30.1 Å². The first kappa shape index (κ1) is 16.0. The minimum absolute atomic E-state index is 0.133. The van der Waals surface area contributed by atoms with Crippen molar-refractivity contribution in [2.75, 3.05) is 26.2 Å². The summed E-state index contributed by atoms with van der Waals surface area (Å²) >= 11 is 0. The quantitative estimate of drug-likeness (QED) is 0.920. The number of nitrogens with one attached hydrogen (secondary N) is 1. The van der Waals surface area contributed by atoms with Crippen molar-refractivity contribution in [3.8, 4) is 11.5 Å². The third-order valence-electron chi connectivity index (χ3n) is 6.07. The van der Waals surface area contributed by atoms with Gasteiger partial charge in [0.05, 0.1) is 0 Å². The standard InChI is InChI=1S/C20H24N4O2/c25-20(24-9-7-16-11-21-12-17(16)8-10-24)15-5-3-14(4-6-15)19-22-18(23-26-19)13-1-2-13/h3-6,13,16-17,21H,1-2,7-12H2/t16-,17+. The van der Waals surface area contributed by atoms with Gasteiger partial charge >= 0.3 is 0 Å². The van der Waals surface area contributed by atoms with E-state index in [-0.39, 0.29) is 5.91 Å². The molecule has 0 radical (unpaired) electrons. The van der Waals surface area contributed by atoms with Crippen LogP contribution in [0.2, 0.25) is 0 Å². The van der Waals surface area contributed by atoms with Gasteiger partial charge in [0.2, 0.25) is 0 Å². The highest BCUT2D eigenvalue weighted by Gasteiger charge is 2.32. The first-order chi connectivity index (χ1) is 12.8. The molecule has 136 valence electrons. The molecule has 0 spiro atoms. The zero-order valence-corrected chi connectivity index (χ0v) is 14.9. The summed E-state index contributed by atoms with van der Waals surface area (Å²) in [6.45, 7) is 3.93. The fourth-order valence-corrected chi connectivity index (χ4v) is 4.22.